The first-order valence-electron chi connectivity index (χ1n) is 38.1. The summed E-state index contributed by atoms with van der Waals surface area (Å²) in [6.07, 6.45) is 75.1. The summed E-state index contributed by atoms with van der Waals surface area (Å²) in [5, 5.41) is 10.6. The first-order chi connectivity index (χ1) is 47.7. The molecule has 5 atom stereocenters. The molecule has 0 bridgehead atoms. The third kappa shape index (κ3) is 70.2. The predicted molar refractivity (Wildman–Crippen MR) is 399 cm³/mol. The molecule has 0 aliphatic heterocycles. The number of phosphoric ester groups is 2. The van der Waals surface area contributed by atoms with Gasteiger partial charge in [0.25, 0.3) is 0 Å². The van der Waals surface area contributed by atoms with E-state index in [9.17, 15) is 43.2 Å². The normalized spacial score (nSPS) is 14.6. The molecule has 0 fully saturated rings. The van der Waals surface area contributed by atoms with E-state index < -0.39 is 97.5 Å². The second-order valence-electron chi connectivity index (χ2n) is 25.2. The van der Waals surface area contributed by atoms with Gasteiger partial charge in [0.15, 0.2) is 12.2 Å². The summed E-state index contributed by atoms with van der Waals surface area (Å²) in [7, 11) is -9.96. The summed E-state index contributed by atoms with van der Waals surface area (Å²) < 4.78 is 68.4. The zero-order chi connectivity index (χ0) is 71.8. The second kappa shape index (κ2) is 71.1. The maximum Gasteiger partial charge on any atom is 0.472 e. The summed E-state index contributed by atoms with van der Waals surface area (Å²) in [6, 6.07) is 0. The minimum absolute atomic E-state index is 0.0751. The third-order valence-electron chi connectivity index (χ3n) is 15.7. The van der Waals surface area contributed by atoms with Crippen LogP contribution in [0, 0.1) is 0 Å². The lowest BCUT2D eigenvalue weighted by Gasteiger charge is -2.21. The number of carbonyl (C=O) groups is 4. The summed E-state index contributed by atoms with van der Waals surface area (Å²) in [6.45, 7) is 4.61. The van der Waals surface area contributed by atoms with Crippen molar-refractivity contribution in [3.63, 3.8) is 0 Å². The highest BCUT2D eigenvalue weighted by Gasteiger charge is 2.30. The van der Waals surface area contributed by atoms with E-state index in [1.165, 1.54) is 57.8 Å². The van der Waals surface area contributed by atoms with Crippen LogP contribution in [0.5, 0.6) is 0 Å². The number of unbranched alkanes of at least 4 members (excludes halogenated alkanes) is 27. The molecular formula is C79H136O17P2. The number of esters is 4. The van der Waals surface area contributed by atoms with Crippen LogP contribution < -0.4 is 0 Å². The van der Waals surface area contributed by atoms with Crippen molar-refractivity contribution in [3.8, 4) is 0 Å². The Labute approximate surface area is 594 Å². The molecule has 0 saturated carbocycles. The average Bonchev–Trinajstić information content (AvgIpc) is 1.00. The van der Waals surface area contributed by atoms with Gasteiger partial charge in [-0.25, -0.2) is 9.13 Å². The Balaban J connectivity index is 5.35. The number of ether oxygens (including phenoxy) is 4. The van der Waals surface area contributed by atoms with Crippen LogP contribution in [0.1, 0.15) is 310 Å². The van der Waals surface area contributed by atoms with Gasteiger partial charge in [-0.3, -0.25) is 37.3 Å². The maximum atomic E-state index is 13.1. The zero-order valence-electron chi connectivity index (χ0n) is 61.4. The number of hydrogen-bond donors (Lipinski definition) is 3. The van der Waals surface area contributed by atoms with Crippen molar-refractivity contribution >= 4 is 39.5 Å². The van der Waals surface area contributed by atoms with Crippen molar-refractivity contribution in [1.29, 1.82) is 0 Å². The smallest absolute Gasteiger partial charge is 0.462 e. The fraction of sp³-hybridized carbons (Fsp3) is 0.722. The van der Waals surface area contributed by atoms with E-state index in [0.717, 1.165) is 173 Å². The minimum atomic E-state index is -4.98. The minimum Gasteiger partial charge on any atom is -0.462 e. The van der Waals surface area contributed by atoms with Gasteiger partial charge in [0.05, 0.1) is 26.4 Å². The largest absolute Gasteiger partial charge is 0.472 e. The molecule has 0 rings (SSSR count). The summed E-state index contributed by atoms with van der Waals surface area (Å²) in [4.78, 5) is 72.8. The summed E-state index contributed by atoms with van der Waals surface area (Å²) >= 11 is 0. The first kappa shape index (κ1) is 93.7. The van der Waals surface area contributed by atoms with Crippen LogP contribution in [0.2, 0.25) is 0 Å². The molecule has 0 aliphatic carbocycles. The Morgan fingerprint density at radius 2 is 0.541 bits per heavy atom. The fourth-order valence-electron chi connectivity index (χ4n) is 9.84. The molecule has 5 unspecified atom stereocenters. The molecule has 0 amide bonds. The molecule has 0 saturated heterocycles. The van der Waals surface area contributed by atoms with Crippen molar-refractivity contribution in [2.24, 2.45) is 0 Å². The Hall–Kier alpha value is -4.28. The van der Waals surface area contributed by atoms with Crippen molar-refractivity contribution in [1.82, 2.24) is 0 Å². The fourth-order valence-corrected chi connectivity index (χ4v) is 11.4. The van der Waals surface area contributed by atoms with Gasteiger partial charge < -0.3 is 33.8 Å². The van der Waals surface area contributed by atoms with E-state index in [1.807, 2.05) is 0 Å². The van der Waals surface area contributed by atoms with Crippen molar-refractivity contribution in [2.75, 3.05) is 39.6 Å². The maximum absolute atomic E-state index is 13.1. The number of allylic oxidation sites excluding steroid dienone is 18. The lowest BCUT2D eigenvalue weighted by atomic mass is 10.1. The van der Waals surface area contributed by atoms with Gasteiger partial charge in [0.1, 0.15) is 19.3 Å². The first-order valence-corrected chi connectivity index (χ1v) is 41.1. The number of aliphatic hydroxyl groups is 1. The highest BCUT2D eigenvalue weighted by Crippen LogP contribution is 2.45. The van der Waals surface area contributed by atoms with E-state index in [0.29, 0.717) is 25.7 Å². The molecule has 564 valence electrons. The Morgan fingerprint density at radius 1 is 0.296 bits per heavy atom. The Kier molecular flexibility index (Phi) is 68.0. The molecule has 3 N–H and O–H groups in total. The lowest BCUT2D eigenvalue weighted by molar-refractivity contribution is -0.161. The van der Waals surface area contributed by atoms with E-state index >= 15 is 0 Å². The lowest BCUT2D eigenvalue weighted by Crippen LogP contribution is -2.30. The number of phosphoric acid groups is 2. The average molecular weight is 1420 g/mol. The van der Waals surface area contributed by atoms with Crippen LogP contribution in [0.25, 0.3) is 0 Å². The van der Waals surface area contributed by atoms with Gasteiger partial charge in [0.2, 0.25) is 0 Å². The van der Waals surface area contributed by atoms with Crippen molar-refractivity contribution < 1.29 is 80.2 Å². The van der Waals surface area contributed by atoms with Crippen LogP contribution in [0.3, 0.4) is 0 Å². The van der Waals surface area contributed by atoms with Crippen molar-refractivity contribution in [2.45, 2.75) is 329 Å². The molecule has 0 aromatic heterocycles. The molecule has 0 spiro atoms. The van der Waals surface area contributed by atoms with Gasteiger partial charge in [-0.1, -0.05) is 246 Å². The summed E-state index contributed by atoms with van der Waals surface area (Å²) in [5.74, 6) is -2.24. The van der Waals surface area contributed by atoms with Gasteiger partial charge in [0, 0.05) is 25.7 Å². The topological polar surface area (TPSA) is 237 Å². The van der Waals surface area contributed by atoms with E-state index in [4.69, 9.17) is 37.0 Å². The van der Waals surface area contributed by atoms with Gasteiger partial charge in [-0.15, -0.1) is 0 Å². The van der Waals surface area contributed by atoms with Crippen LogP contribution in [-0.4, -0.2) is 96.7 Å². The van der Waals surface area contributed by atoms with Crippen molar-refractivity contribution in [3.05, 3.63) is 109 Å². The molecule has 0 heterocycles. The number of rotatable bonds is 71. The quantitative estimate of drug-likeness (QED) is 0.0169. The Morgan fingerprint density at radius 3 is 0.888 bits per heavy atom. The van der Waals surface area contributed by atoms with Crippen LogP contribution >= 0.6 is 15.6 Å². The monoisotopic (exact) mass is 1420 g/mol. The molecule has 0 radical (unpaired) electrons. The predicted octanol–water partition coefficient (Wildman–Crippen LogP) is 21.8. The SMILES string of the molecule is CC/C=C\C/C=C\C/C=C\C/C=C\C/C=C\CCCCCC(=O)OCC(COP(=O)(O)OCC(O)COP(=O)(O)OCC(COC(=O)CCCCCCC/C=C\C/C=C\CCCCC)OC(=O)CCCCCCC/C=C\CCCCCC)OC(=O)CCCCCCC/C=C\CCCC. The molecule has 19 heteroatoms. The van der Waals surface area contributed by atoms with Crippen LogP contribution in [0.15, 0.2) is 109 Å². The van der Waals surface area contributed by atoms with Crippen LogP contribution in [0.4, 0.5) is 0 Å². The van der Waals surface area contributed by atoms with Gasteiger partial charge in [-0.2, -0.15) is 0 Å². The summed E-state index contributed by atoms with van der Waals surface area (Å²) in [5.41, 5.74) is 0. The highest BCUT2D eigenvalue weighted by atomic mass is 31.2. The highest BCUT2D eigenvalue weighted by molar-refractivity contribution is 7.47. The Bertz CT molecular complexity index is 2290. The number of aliphatic hydroxyl groups excluding tert-OH is 1. The van der Waals surface area contributed by atoms with E-state index in [1.54, 1.807) is 0 Å². The van der Waals surface area contributed by atoms with Gasteiger partial charge >= 0.3 is 39.5 Å². The number of hydrogen-bond acceptors (Lipinski definition) is 15. The van der Waals surface area contributed by atoms with Gasteiger partial charge in [-0.05, 0) is 148 Å². The molecule has 0 aromatic carbocycles. The second-order valence-corrected chi connectivity index (χ2v) is 28.1. The molecular weight excluding hydrogens is 1280 g/mol. The number of carbonyl (C=O) groups excluding carboxylic acids is 4. The van der Waals surface area contributed by atoms with Crippen LogP contribution in [-0.2, 0) is 65.4 Å². The standard InChI is InChI=1S/C79H136O17P2/c1-5-9-13-17-21-25-29-32-34-35-36-37-39-42-45-48-52-56-60-64-77(82)89-69-74(95-78(83)65-61-57-53-49-43-28-24-20-16-12-8-4)71-93-97(85,86)91-67-73(80)68-92-98(87,88)94-72-75(96-79(84)66-62-58-54-50-46-40-31-27-23-19-15-11-7-3)70-90-76(81)63-59-55-51-47-44-41-38-33-30-26-22-18-14-10-6-2/h9,13,20-22,24-27,31-34,36-38,42,45,73-75,80H,5-8,10-12,14-19,23,28-30,35,39-41,43-44,46-72H2,1-4H3,(H,85,86)(H,87,88)/b13-9-,24-20-,25-21-,26-22-,31-27-,34-32-,37-36-,38-33-,45-42-. The van der Waals surface area contributed by atoms with E-state index in [-0.39, 0.29) is 25.7 Å². The molecule has 0 aliphatic rings. The molecule has 98 heavy (non-hydrogen) atoms. The molecule has 0 aromatic rings. The third-order valence-corrected chi connectivity index (χ3v) is 17.6. The zero-order valence-corrected chi connectivity index (χ0v) is 63.2. The van der Waals surface area contributed by atoms with E-state index in [2.05, 4.69) is 137 Å². The molecule has 17 nitrogen and oxygen atoms in total.